The van der Waals surface area contributed by atoms with Gasteiger partial charge in [-0.3, -0.25) is 0 Å². The molecule has 0 aliphatic carbocycles. The molecule has 35 heavy (non-hydrogen) atoms. The topological polar surface area (TPSA) is 45.9 Å². The van der Waals surface area contributed by atoms with Gasteiger partial charge in [-0.1, -0.05) is 97.1 Å². The van der Waals surface area contributed by atoms with Crippen LogP contribution in [0.15, 0.2) is 115 Å². The lowest BCUT2D eigenvalue weighted by Gasteiger charge is -2.06. The summed E-state index contributed by atoms with van der Waals surface area (Å²) in [7, 11) is 0. The number of nitrogens with zero attached hydrogens (tertiary/aromatic N) is 2. The fourth-order valence-corrected chi connectivity index (χ4v) is 4.50. The molecule has 0 saturated carbocycles. The van der Waals surface area contributed by atoms with Gasteiger partial charge in [-0.05, 0) is 40.5 Å². The molecular formula is C31H22N2OS. The van der Waals surface area contributed by atoms with Crippen LogP contribution < -0.4 is 4.74 Å². The third kappa shape index (κ3) is 5.55. The highest BCUT2D eigenvalue weighted by atomic mass is 32.1. The van der Waals surface area contributed by atoms with E-state index in [1.165, 1.54) is 22.5 Å². The lowest BCUT2D eigenvalue weighted by atomic mass is 10.0. The molecule has 0 radical (unpaired) electrons. The number of allylic oxidation sites excluding steroid dienone is 1. The molecule has 0 unspecified atom stereocenters. The van der Waals surface area contributed by atoms with Gasteiger partial charge < -0.3 is 4.74 Å². The molecule has 0 fully saturated rings. The van der Waals surface area contributed by atoms with E-state index in [-0.39, 0.29) is 0 Å². The molecule has 3 nitrogen and oxygen atoms in total. The van der Waals surface area contributed by atoms with Crippen molar-refractivity contribution < 1.29 is 4.74 Å². The summed E-state index contributed by atoms with van der Waals surface area (Å²) in [4.78, 5) is 4.73. The minimum absolute atomic E-state index is 0.522. The summed E-state index contributed by atoms with van der Waals surface area (Å²) in [6.07, 6.45) is 1.86. The average molecular weight is 471 g/mol. The van der Waals surface area contributed by atoms with Crippen molar-refractivity contribution in [3.8, 4) is 34.2 Å². The van der Waals surface area contributed by atoms with Gasteiger partial charge in [0, 0.05) is 10.9 Å². The van der Waals surface area contributed by atoms with Crippen LogP contribution in [0, 0.1) is 11.3 Å². The number of aromatic nitrogens is 1. The fraction of sp³-hybridized carbons (Fsp3) is 0.0323. The van der Waals surface area contributed by atoms with Crippen molar-refractivity contribution >= 4 is 23.0 Å². The van der Waals surface area contributed by atoms with Crippen molar-refractivity contribution in [1.82, 2.24) is 4.98 Å². The van der Waals surface area contributed by atoms with E-state index in [2.05, 4.69) is 42.5 Å². The van der Waals surface area contributed by atoms with Gasteiger partial charge in [-0.25, -0.2) is 4.98 Å². The van der Waals surface area contributed by atoms with Crippen molar-refractivity contribution in [3.05, 3.63) is 131 Å². The second-order valence-electron chi connectivity index (χ2n) is 7.99. The fourth-order valence-electron chi connectivity index (χ4n) is 3.70. The van der Waals surface area contributed by atoms with Crippen molar-refractivity contribution in [2.24, 2.45) is 0 Å². The maximum absolute atomic E-state index is 9.77. The highest BCUT2D eigenvalue weighted by molar-refractivity contribution is 7.11. The largest absolute Gasteiger partial charge is 0.489 e. The van der Waals surface area contributed by atoms with Gasteiger partial charge in [0.05, 0.1) is 11.3 Å². The Morgan fingerprint density at radius 3 is 2.09 bits per heavy atom. The summed E-state index contributed by atoms with van der Waals surface area (Å²) in [5, 5.41) is 12.5. The molecule has 0 N–H and O–H groups in total. The molecule has 0 atom stereocenters. The highest BCUT2D eigenvalue weighted by Gasteiger charge is 2.10. The Morgan fingerprint density at radius 2 is 1.40 bits per heavy atom. The number of hydrogen-bond acceptors (Lipinski definition) is 4. The molecule has 4 heteroatoms. The highest BCUT2D eigenvalue weighted by Crippen LogP contribution is 2.29. The van der Waals surface area contributed by atoms with Crippen molar-refractivity contribution in [3.63, 3.8) is 0 Å². The van der Waals surface area contributed by atoms with Crippen LogP contribution >= 0.6 is 11.3 Å². The van der Waals surface area contributed by atoms with Crippen LogP contribution in [0.3, 0.4) is 0 Å². The van der Waals surface area contributed by atoms with E-state index in [0.717, 1.165) is 28.1 Å². The molecule has 0 spiro atoms. The van der Waals surface area contributed by atoms with E-state index in [1.807, 2.05) is 84.3 Å². The van der Waals surface area contributed by atoms with E-state index >= 15 is 0 Å². The Morgan fingerprint density at radius 1 is 0.771 bits per heavy atom. The summed E-state index contributed by atoms with van der Waals surface area (Å²) >= 11 is 1.48. The molecule has 0 saturated heterocycles. The maximum atomic E-state index is 9.77. The second-order valence-corrected chi connectivity index (χ2v) is 8.85. The van der Waals surface area contributed by atoms with Gasteiger partial charge in [0.15, 0.2) is 0 Å². The summed E-state index contributed by atoms with van der Waals surface area (Å²) in [6.45, 7) is 0.522. The Labute approximate surface area is 209 Å². The lowest BCUT2D eigenvalue weighted by Crippen LogP contribution is -1.94. The predicted molar refractivity (Wildman–Crippen MR) is 144 cm³/mol. The van der Waals surface area contributed by atoms with E-state index in [9.17, 15) is 5.26 Å². The van der Waals surface area contributed by atoms with Crippen LogP contribution in [0.1, 0.15) is 16.1 Å². The smallest absolute Gasteiger partial charge is 0.134 e. The number of nitriles is 1. The molecule has 0 amide bonds. The molecule has 5 aromatic rings. The molecule has 4 aromatic carbocycles. The van der Waals surface area contributed by atoms with Gasteiger partial charge in [-0.15, -0.1) is 11.3 Å². The molecule has 5 rings (SSSR count). The zero-order valence-electron chi connectivity index (χ0n) is 19.0. The van der Waals surface area contributed by atoms with Crippen molar-refractivity contribution in [1.29, 1.82) is 5.26 Å². The van der Waals surface area contributed by atoms with Gasteiger partial charge >= 0.3 is 0 Å². The molecule has 1 heterocycles. The summed E-state index contributed by atoms with van der Waals surface area (Å²) in [5.74, 6) is 0.792. The van der Waals surface area contributed by atoms with Gasteiger partial charge in [0.2, 0.25) is 0 Å². The quantitative estimate of drug-likeness (QED) is 0.226. The molecule has 1 aromatic heterocycles. The predicted octanol–water partition coefficient (Wildman–Crippen LogP) is 8.12. The van der Waals surface area contributed by atoms with Crippen molar-refractivity contribution in [2.45, 2.75) is 6.61 Å². The first-order valence-corrected chi connectivity index (χ1v) is 12.2. The maximum Gasteiger partial charge on any atom is 0.134 e. The van der Waals surface area contributed by atoms with Crippen LogP contribution in [0.5, 0.6) is 5.75 Å². The van der Waals surface area contributed by atoms with Crippen molar-refractivity contribution in [2.75, 3.05) is 0 Å². The third-order valence-electron chi connectivity index (χ3n) is 5.58. The molecule has 168 valence electrons. The van der Waals surface area contributed by atoms with E-state index in [0.29, 0.717) is 17.2 Å². The number of thiazole rings is 1. The number of ether oxygens (including phenoxy) is 1. The summed E-state index contributed by atoms with van der Waals surface area (Å²) in [5.41, 5.74) is 6.85. The Kier molecular flexibility index (Phi) is 6.79. The molecule has 0 aliphatic rings. The van der Waals surface area contributed by atoms with E-state index in [1.54, 1.807) is 0 Å². The Balaban J connectivity index is 1.28. The first-order valence-electron chi connectivity index (χ1n) is 11.3. The van der Waals surface area contributed by atoms with Crippen LogP contribution in [0.25, 0.3) is 34.0 Å². The zero-order valence-corrected chi connectivity index (χ0v) is 19.8. The van der Waals surface area contributed by atoms with Gasteiger partial charge in [0.1, 0.15) is 23.4 Å². The van der Waals surface area contributed by atoms with E-state index in [4.69, 9.17) is 9.72 Å². The molecule has 0 bridgehead atoms. The number of benzene rings is 4. The average Bonchev–Trinajstić information content (AvgIpc) is 3.43. The number of hydrogen-bond donors (Lipinski definition) is 0. The van der Waals surface area contributed by atoms with Crippen LogP contribution in [-0.4, -0.2) is 4.98 Å². The third-order valence-corrected chi connectivity index (χ3v) is 6.46. The summed E-state index contributed by atoms with van der Waals surface area (Å²) < 4.78 is 5.86. The summed E-state index contributed by atoms with van der Waals surface area (Å²) in [6, 6.07) is 38.8. The lowest BCUT2D eigenvalue weighted by molar-refractivity contribution is 0.306. The minimum Gasteiger partial charge on any atom is -0.489 e. The van der Waals surface area contributed by atoms with Crippen LogP contribution in [-0.2, 0) is 6.61 Å². The Bertz CT molecular complexity index is 1460. The Hall–Kier alpha value is -4.46. The SMILES string of the molecule is N#C/C(=C\c1ccc(OCc2ccccc2)cc1)c1nc(-c2ccc(-c3ccccc3)cc2)cs1. The van der Waals surface area contributed by atoms with Crippen LogP contribution in [0.4, 0.5) is 0 Å². The standard InChI is InChI=1S/C31H22N2OS/c32-20-28(19-23-11-17-29(18-12-23)34-21-24-7-3-1-4-8-24)31-33-30(22-35-31)27-15-13-26(14-16-27)25-9-5-2-6-10-25/h1-19,22H,21H2/b28-19+. The van der Waals surface area contributed by atoms with E-state index < -0.39 is 0 Å². The van der Waals surface area contributed by atoms with Gasteiger partial charge in [0.25, 0.3) is 0 Å². The first kappa shape index (κ1) is 22.3. The number of rotatable bonds is 7. The first-order chi connectivity index (χ1) is 17.3. The normalized spacial score (nSPS) is 11.1. The van der Waals surface area contributed by atoms with Gasteiger partial charge in [-0.2, -0.15) is 5.26 Å². The second kappa shape index (κ2) is 10.6. The minimum atomic E-state index is 0.522. The zero-order chi connectivity index (χ0) is 23.9. The molecular weight excluding hydrogens is 448 g/mol. The monoisotopic (exact) mass is 470 g/mol. The molecule has 0 aliphatic heterocycles. The van der Waals surface area contributed by atoms with Crippen LogP contribution in [0.2, 0.25) is 0 Å².